The van der Waals surface area contributed by atoms with Crippen molar-refractivity contribution >= 4 is 5.69 Å². The third-order valence-electron chi connectivity index (χ3n) is 2.70. The van der Waals surface area contributed by atoms with Gasteiger partial charge in [0.2, 0.25) is 0 Å². The van der Waals surface area contributed by atoms with E-state index in [1.807, 2.05) is 0 Å². The Bertz CT molecular complexity index is 364. The summed E-state index contributed by atoms with van der Waals surface area (Å²) in [6, 6.07) is 3.33. The topological polar surface area (TPSA) is 15.3 Å². The maximum Gasteiger partial charge on any atom is 0.149 e. The lowest BCUT2D eigenvalue weighted by Gasteiger charge is -2.15. The molecule has 2 nitrogen and oxygen atoms in total. The number of rotatable bonds is 4. The summed E-state index contributed by atoms with van der Waals surface area (Å²) in [5, 5.41) is 3.23. The zero-order valence-electron chi connectivity index (χ0n) is 9.56. The van der Waals surface area contributed by atoms with Crippen molar-refractivity contribution in [3.63, 3.8) is 0 Å². The average molecular weight is 226 g/mol. The quantitative estimate of drug-likeness (QED) is 0.847. The number of halogens is 2. The van der Waals surface area contributed by atoms with Gasteiger partial charge in [-0.1, -0.05) is 0 Å². The lowest BCUT2D eigenvalue weighted by Crippen LogP contribution is -2.17. The molecule has 0 bridgehead atoms. The molecule has 1 aromatic carbocycles. The largest absolute Gasteiger partial charge is 0.373 e. The molecule has 1 aliphatic carbocycles. The number of nitrogens with zero attached hydrogens (tertiary/aromatic N) is 1. The Balaban J connectivity index is 2.14. The molecule has 1 N–H and O–H groups in total. The van der Waals surface area contributed by atoms with E-state index in [1.54, 1.807) is 14.1 Å². The smallest absolute Gasteiger partial charge is 0.149 e. The highest BCUT2D eigenvalue weighted by Crippen LogP contribution is 2.24. The predicted octanol–water partition coefficient (Wildman–Crippen LogP) is 2.28. The summed E-state index contributed by atoms with van der Waals surface area (Å²) in [5.74, 6) is -1.00. The molecule has 1 saturated carbocycles. The Morgan fingerprint density at radius 2 is 1.81 bits per heavy atom. The van der Waals surface area contributed by atoms with Crippen LogP contribution in [-0.2, 0) is 6.54 Å². The lowest BCUT2D eigenvalue weighted by molar-refractivity contribution is 0.573. The normalized spacial score (nSPS) is 15.2. The number of hydrogen-bond donors (Lipinski definition) is 1. The van der Waals surface area contributed by atoms with E-state index in [0.717, 1.165) is 0 Å². The van der Waals surface area contributed by atoms with Crippen molar-refractivity contribution in [2.75, 3.05) is 19.0 Å². The van der Waals surface area contributed by atoms with Crippen LogP contribution in [0, 0.1) is 11.6 Å². The van der Waals surface area contributed by atoms with E-state index in [1.165, 1.54) is 29.9 Å². The Morgan fingerprint density at radius 3 is 2.25 bits per heavy atom. The summed E-state index contributed by atoms with van der Waals surface area (Å²) in [5.41, 5.74) is 0.683. The van der Waals surface area contributed by atoms with Crippen molar-refractivity contribution in [2.45, 2.75) is 25.4 Å². The molecule has 0 radical (unpaired) electrons. The van der Waals surface area contributed by atoms with Crippen LogP contribution in [0.3, 0.4) is 0 Å². The number of benzene rings is 1. The summed E-state index contributed by atoms with van der Waals surface area (Å²) in [4.78, 5) is 1.45. The Kier molecular flexibility index (Phi) is 3.10. The van der Waals surface area contributed by atoms with Gasteiger partial charge >= 0.3 is 0 Å². The van der Waals surface area contributed by atoms with Crippen molar-refractivity contribution < 1.29 is 8.78 Å². The van der Waals surface area contributed by atoms with Gasteiger partial charge in [0.05, 0.1) is 0 Å². The molecule has 0 atom stereocenters. The molecular formula is C12H16F2N2. The van der Waals surface area contributed by atoms with Crippen molar-refractivity contribution in [3.8, 4) is 0 Å². The molecule has 0 amide bonds. The fraction of sp³-hybridized carbons (Fsp3) is 0.500. The van der Waals surface area contributed by atoms with Crippen LogP contribution >= 0.6 is 0 Å². The van der Waals surface area contributed by atoms with Gasteiger partial charge in [0.1, 0.15) is 17.3 Å². The molecule has 1 aromatic rings. The highest BCUT2D eigenvalue weighted by Gasteiger charge is 2.20. The Hall–Kier alpha value is -1.16. The third kappa shape index (κ3) is 2.50. The first-order valence-corrected chi connectivity index (χ1v) is 5.46. The van der Waals surface area contributed by atoms with E-state index >= 15 is 0 Å². The molecule has 88 valence electrons. The van der Waals surface area contributed by atoms with Crippen LogP contribution in [-0.4, -0.2) is 20.1 Å². The first-order chi connectivity index (χ1) is 7.58. The van der Waals surface area contributed by atoms with Crippen LogP contribution in [0.4, 0.5) is 14.5 Å². The SMILES string of the molecule is CN(C)c1c(F)cc(CNC2CC2)cc1F. The Labute approximate surface area is 94.3 Å². The fourth-order valence-corrected chi connectivity index (χ4v) is 1.70. The predicted molar refractivity (Wildman–Crippen MR) is 60.5 cm³/mol. The van der Waals surface area contributed by atoms with E-state index in [2.05, 4.69) is 5.32 Å². The third-order valence-corrected chi connectivity index (χ3v) is 2.70. The van der Waals surface area contributed by atoms with Gasteiger partial charge in [-0.15, -0.1) is 0 Å². The maximum absolute atomic E-state index is 13.6. The zero-order valence-corrected chi connectivity index (χ0v) is 9.56. The number of hydrogen-bond acceptors (Lipinski definition) is 2. The van der Waals surface area contributed by atoms with Crippen molar-refractivity contribution in [1.82, 2.24) is 5.32 Å². The first kappa shape index (κ1) is 11.3. The molecule has 0 heterocycles. The highest BCUT2D eigenvalue weighted by atomic mass is 19.1. The van der Waals surface area contributed by atoms with Crippen LogP contribution < -0.4 is 10.2 Å². The van der Waals surface area contributed by atoms with Crippen LogP contribution in [0.2, 0.25) is 0 Å². The molecule has 2 rings (SSSR count). The molecule has 16 heavy (non-hydrogen) atoms. The second-order valence-electron chi connectivity index (χ2n) is 4.46. The summed E-state index contributed by atoms with van der Waals surface area (Å²) in [6.45, 7) is 0.534. The van der Waals surface area contributed by atoms with Gasteiger partial charge in [-0.05, 0) is 30.5 Å². The van der Waals surface area contributed by atoms with Gasteiger partial charge in [0.25, 0.3) is 0 Å². The van der Waals surface area contributed by atoms with Gasteiger partial charge in [-0.3, -0.25) is 0 Å². The number of anilines is 1. The minimum Gasteiger partial charge on any atom is -0.373 e. The summed E-state index contributed by atoms with van der Waals surface area (Å²) < 4.78 is 27.2. The van der Waals surface area contributed by atoms with E-state index < -0.39 is 11.6 Å². The minimum atomic E-state index is -0.502. The van der Waals surface area contributed by atoms with Gasteiger partial charge in [-0.2, -0.15) is 0 Å². The second-order valence-corrected chi connectivity index (χ2v) is 4.46. The van der Waals surface area contributed by atoms with Gasteiger partial charge in [-0.25, -0.2) is 8.78 Å². The van der Waals surface area contributed by atoms with Gasteiger partial charge in [0.15, 0.2) is 0 Å². The van der Waals surface area contributed by atoms with E-state index in [0.29, 0.717) is 18.2 Å². The summed E-state index contributed by atoms with van der Waals surface area (Å²) >= 11 is 0. The molecule has 1 fully saturated rings. The molecule has 0 spiro atoms. The molecule has 0 aliphatic heterocycles. The average Bonchev–Trinajstić information content (AvgIpc) is 2.96. The van der Waals surface area contributed by atoms with Crippen LogP contribution in [0.5, 0.6) is 0 Å². The van der Waals surface area contributed by atoms with E-state index in [4.69, 9.17) is 0 Å². The van der Waals surface area contributed by atoms with E-state index in [-0.39, 0.29) is 5.69 Å². The first-order valence-electron chi connectivity index (χ1n) is 5.46. The lowest BCUT2D eigenvalue weighted by atomic mass is 10.1. The molecular weight excluding hydrogens is 210 g/mol. The summed E-state index contributed by atoms with van der Waals surface area (Å²) in [6.07, 6.45) is 2.33. The van der Waals surface area contributed by atoms with Crippen molar-refractivity contribution in [1.29, 1.82) is 0 Å². The minimum absolute atomic E-state index is 0.0233. The second kappa shape index (κ2) is 4.37. The Morgan fingerprint density at radius 1 is 1.25 bits per heavy atom. The van der Waals surface area contributed by atoms with Crippen molar-refractivity contribution in [3.05, 3.63) is 29.3 Å². The van der Waals surface area contributed by atoms with Crippen LogP contribution in [0.1, 0.15) is 18.4 Å². The van der Waals surface area contributed by atoms with Crippen LogP contribution in [0.25, 0.3) is 0 Å². The number of nitrogens with one attached hydrogen (secondary N) is 1. The van der Waals surface area contributed by atoms with Crippen molar-refractivity contribution in [2.24, 2.45) is 0 Å². The zero-order chi connectivity index (χ0) is 11.7. The fourth-order valence-electron chi connectivity index (χ4n) is 1.70. The highest BCUT2D eigenvalue weighted by molar-refractivity contribution is 5.49. The standard InChI is InChI=1S/C12H16F2N2/c1-16(2)12-10(13)5-8(6-11(12)14)7-15-9-3-4-9/h5-6,9,15H,3-4,7H2,1-2H3. The maximum atomic E-state index is 13.6. The summed E-state index contributed by atoms with van der Waals surface area (Å²) in [7, 11) is 3.26. The van der Waals surface area contributed by atoms with E-state index in [9.17, 15) is 8.78 Å². The molecule has 0 aromatic heterocycles. The molecule has 0 unspecified atom stereocenters. The monoisotopic (exact) mass is 226 g/mol. The van der Waals surface area contributed by atoms with Gasteiger partial charge in [0, 0.05) is 26.7 Å². The molecule has 4 heteroatoms. The molecule has 1 aliphatic rings. The van der Waals surface area contributed by atoms with Gasteiger partial charge < -0.3 is 10.2 Å². The van der Waals surface area contributed by atoms with Crippen LogP contribution in [0.15, 0.2) is 12.1 Å². The molecule has 0 saturated heterocycles.